The maximum Gasteiger partial charge on any atom is 0.309 e. The fourth-order valence-corrected chi connectivity index (χ4v) is 1.45. The molecule has 0 spiro atoms. The number of pyridine rings is 1. The molecule has 2 aromatic heterocycles. The lowest BCUT2D eigenvalue weighted by Gasteiger charge is -1.96. The molecule has 0 bridgehead atoms. The fourth-order valence-electron chi connectivity index (χ4n) is 1.45. The Labute approximate surface area is 98.5 Å². The molecule has 2 aromatic rings. The molecule has 5 heteroatoms. The van der Waals surface area contributed by atoms with Crippen molar-refractivity contribution in [2.75, 3.05) is 6.61 Å². The summed E-state index contributed by atoms with van der Waals surface area (Å²) in [5, 5.41) is 7.74. The van der Waals surface area contributed by atoms with Gasteiger partial charge >= 0.3 is 5.97 Å². The zero-order valence-electron chi connectivity index (χ0n) is 9.51. The van der Waals surface area contributed by atoms with Crippen LogP contribution >= 0.6 is 0 Å². The Morgan fingerprint density at radius 2 is 2.41 bits per heavy atom. The second kappa shape index (κ2) is 5.25. The van der Waals surface area contributed by atoms with Gasteiger partial charge in [-0.15, -0.1) is 0 Å². The average molecular weight is 231 g/mol. The van der Waals surface area contributed by atoms with Gasteiger partial charge in [-0.25, -0.2) is 0 Å². The van der Waals surface area contributed by atoms with Crippen molar-refractivity contribution in [3.05, 3.63) is 30.2 Å². The van der Waals surface area contributed by atoms with Gasteiger partial charge in [0.1, 0.15) is 0 Å². The molecule has 0 saturated heterocycles. The van der Waals surface area contributed by atoms with Crippen molar-refractivity contribution in [3.63, 3.8) is 0 Å². The van der Waals surface area contributed by atoms with Gasteiger partial charge in [-0.3, -0.25) is 14.9 Å². The van der Waals surface area contributed by atoms with E-state index in [9.17, 15) is 4.79 Å². The third kappa shape index (κ3) is 2.90. The quantitative estimate of drug-likeness (QED) is 0.816. The third-order valence-electron chi connectivity index (χ3n) is 2.22. The van der Waals surface area contributed by atoms with Crippen LogP contribution in [-0.2, 0) is 9.53 Å². The Kier molecular flexibility index (Phi) is 3.49. The number of rotatable bonds is 4. The summed E-state index contributed by atoms with van der Waals surface area (Å²) in [6.07, 6.45) is 7.25. The van der Waals surface area contributed by atoms with E-state index in [2.05, 4.69) is 15.2 Å². The smallest absolute Gasteiger partial charge is 0.309 e. The van der Waals surface area contributed by atoms with Gasteiger partial charge < -0.3 is 4.74 Å². The molecule has 0 aliphatic carbocycles. The molecule has 0 saturated carbocycles. The van der Waals surface area contributed by atoms with Crippen LogP contribution in [0.15, 0.2) is 24.5 Å². The lowest BCUT2D eigenvalue weighted by atomic mass is 10.2. The molecule has 1 N–H and O–H groups in total. The number of hydrogen-bond donors (Lipinski definition) is 1. The highest BCUT2D eigenvalue weighted by atomic mass is 16.5. The normalized spacial score (nSPS) is 11.1. The van der Waals surface area contributed by atoms with Crippen LogP contribution in [0.25, 0.3) is 17.0 Å². The second-order valence-electron chi connectivity index (χ2n) is 3.48. The minimum atomic E-state index is -0.229. The Hall–Kier alpha value is -2.17. The molecule has 88 valence electrons. The molecule has 0 aliphatic heterocycles. The van der Waals surface area contributed by atoms with E-state index >= 15 is 0 Å². The molecule has 17 heavy (non-hydrogen) atoms. The van der Waals surface area contributed by atoms with Crippen molar-refractivity contribution in [1.29, 1.82) is 0 Å². The van der Waals surface area contributed by atoms with E-state index in [1.54, 1.807) is 31.5 Å². The van der Waals surface area contributed by atoms with Crippen LogP contribution < -0.4 is 0 Å². The van der Waals surface area contributed by atoms with E-state index in [4.69, 9.17) is 4.74 Å². The second-order valence-corrected chi connectivity index (χ2v) is 3.48. The van der Waals surface area contributed by atoms with Crippen molar-refractivity contribution in [3.8, 4) is 0 Å². The number of fused-ring (bicyclic) bond motifs is 1. The minimum absolute atomic E-state index is 0.229. The van der Waals surface area contributed by atoms with Crippen LogP contribution in [0, 0.1) is 0 Å². The number of esters is 1. The van der Waals surface area contributed by atoms with Crippen LogP contribution in [0.4, 0.5) is 0 Å². The van der Waals surface area contributed by atoms with Crippen LogP contribution in [0.1, 0.15) is 19.0 Å². The first kappa shape index (κ1) is 11.3. The molecule has 2 rings (SSSR count). The maximum atomic E-state index is 11.1. The monoisotopic (exact) mass is 231 g/mol. The zero-order chi connectivity index (χ0) is 12.1. The molecule has 0 fully saturated rings. The van der Waals surface area contributed by atoms with Gasteiger partial charge in [-0.1, -0.05) is 6.08 Å². The SMILES string of the molecule is CCOC(=O)CC=Cc1cc2cn[nH]c2cn1. The van der Waals surface area contributed by atoms with Crippen LogP contribution in [-0.4, -0.2) is 27.8 Å². The number of carbonyl (C=O) groups excluding carboxylic acids is 1. The number of H-pyrrole nitrogens is 1. The number of aromatic amines is 1. The molecule has 0 aromatic carbocycles. The van der Waals surface area contributed by atoms with E-state index < -0.39 is 0 Å². The Bertz CT molecular complexity index is 545. The largest absolute Gasteiger partial charge is 0.466 e. The number of aromatic nitrogens is 3. The van der Waals surface area contributed by atoms with Gasteiger partial charge in [-0.05, 0) is 19.1 Å². The van der Waals surface area contributed by atoms with Gasteiger partial charge in [0.25, 0.3) is 0 Å². The van der Waals surface area contributed by atoms with E-state index in [0.29, 0.717) is 6.61 Å². The maximum absolute atomic E-state index is 11.1. The first-order valence-electron chi connectivity index (χ1n) is 5.41. The summed E-state index contributed by atoms with van der Waals surface area (Å²) in [6, 6.07) is 1.90. The number of nitrogens with zero attached hydrogens (tertiary/aromatic N) is 2. The molecular formula is C12H13N3O2. The summed E-state index contributed by atoms with van der Waals surface area (Å²) in [6.45, 7) is 2.20. The average Bonchev–Trinajstić information content (AvgIpc) is 2.76. The number of carbonyl (C=O) groups is 1. The summed E-state index contributed by atoms with van der Waals surface area (Å²) in [5.41, 5.74) is 1.69. The number of nitrogens with one attached hydrogen (secondary N) is 1. The Morgan fingerprint density at radius 1 is 1.53 bits per heavy atom. The lowest BCUT2D eigenvalue weighted by molar-refractivity contribution is -0.142. The molecule has 0 unspecified atom stereocenters. The molecule has 5 nitrogen and oxygen atoms in total. The topological polar surface area (TPSA) is 67.9 Å². The van der Waals surface area contributed by atoms with Crippen molar-refractivity contribution in [2.45, 2.75) is 13.3 Å². The molecular weight excluding hydrogens is 218 g/mol. The third-order valence-corrected chi connectivity index (χ3v) is 2.22. The summed E-state index contributed by atoms with van der Waals surface area (Å²) >= 11 is 0. The first-order chi connectivity index (χ1) is 8.29. The standard InChI is InChI=1S/C12H13N3O2/c1-2-17-12(16)5-3-4-10-6-9-7-14-15-11(9)8-13-10/h3-4,6-8H,2,5H2,1H3,(H,14,15). The van der Waals surface area contributed by atoms with Crippen molar-refractivity contribution in [2.24, 2.45) is 0 Å². The van der Waals surface area contributed by atoms with Gasteiger partial charge in [0.15, 0.2) is 0 Å². The first-order valence-corrected chi connectivity index (χ1v) is 5.41. The number of hydrogen-bond acceptors (Lipinski definition) is 4. The zero-order valence-corrected chi connectivity index (χ0v) is 9.51. The summed E-state index contributed by atoms with van der Waals surface area (Å²) in [4.78, 5) is 15.3. The van der Waals surface area contributed by atoms with E-state index in [0.717, 1.165) is 16.6 Å². The van der Waals surface area contributed by atoms with Gasteiger partial charge in [0.2, 0.25) is 0 Å². The van der Waals surface area contributed by atoms with Crippen molar-refractivity contribution >= 4 is 22.9 Å². The summed E-state index contributed by atoms with van der Waals surface area (Å²) in [7, 11) is 0. The summed E-state index contributed by atoms with van der Waals surface area (Å²) in [5.74, 6) is -0.229. The lowest BCUT2D eigenvalue weighted by Crippen LogP contribution is -2.01. The minimum Gasteiger partial charge on any atom is -0.466 e. The summed E-state index contributed by atoms with van der Waals surface area (Å²) < 4.78 is 4.81. The van der Waals surface area contributed by atoms with Gasteiger partial charge in [0, 0.05) is 5.39 Å². The molecule has 0 amide bonds. The van der Waals surface area contributed by atoms with E-state index in [-0.39, 0.29) is 12.4 Å². The highest BCUT2D eigenvalue weighted by molar-refractivity contribution is 5.79. The fraction of sp³-hybridized carbons (Fsp3) is 0.250. The van der Waals surface area contributed by atoms with Crippen LogP contribution in [0.3, 0.4) is 0 Å². The van der Waals surface area contributed by atoms with E-state index in [1.807, 2.05) is 6.07 Å². The molecule has 0 radical (unpaired) electrons. The molecule has 0 atom stereocenters. The number of ether oxygens (including phenoxy) is 1. The van der Waals surface area contributed by atoms with Gasteiger partial charge in [-0.2, -0.15) is 5.10 Å². The van der Waals surface area contributed by atoms with Crippen molar-refractivity contribution < 1.29 is 9.53 Å². The Morgan fingerprint density at radius 3 is 3.24 bits per heavy atom. The Balaban J connectivity index is 2.02. The predicted octanol–water partition coefficient (Wildman–Crippen LogP) is 1.92. The van der Waals surface area contributed by atoms with E-state index in [1.165, 1.54) is 0 Å². The molecule has 2 heterocycles. The van der Waals surface area contributed by atoms with Crippen molar-refractivity contribution in [1.82, 2.24) is 15.2 Å². The highest BCUT2D eigenvalue weighted by Gasteiger charge is 1.98. The van der Waals surface area contributed by atoms with Gasteiger partial charge in [0.05, 0.1) is 36.6 Å². The molecule has 0 aliphatic rings. The predicted molar refractivity (Wildman–Crippen MR) is 64.2 cm³/mol. The van der Waals surface area contributed by atoms with Crippen LogP contribution in [0.2, 0.25) is 0 Å². The highest BCUT2D eigenvalue weighted by Crippen LogP contribution is 2.11. The van der Waals surface area contributed by atoms with Crippen LogP contribution in [0.5, 0.6) is 0 Å².